The van der Waals surface area contributed by atoms with Crippen LogP contribution in [0.5, 0.6) is 0 Å². The van der Waals surface area contributed by atoms with E-state index in [4.69, 9.17) is 9.15 Å². The Hall–Kier alpha value is -4.52. The second kappa shape index (κ2) is 8.55. The van der Waals surface area contributed by atoms with Crippen LogP contribution in [0.15, 0.2) is 89.5 Å². The molecule has 2 amide bonds. The number of carbonyl (C=O) groups excluding carboxylic acids is 3. The van der Waals surface area contributed by atoms with Crippen molar-refractivity contribution in [2.24, 2.45) is 0 Å². The fraction of sp³-hybridized carbons (Fsp3) is 0.0769. The van der Waals surface area contributed by atoms with Gasteiger partial charge in [0.25, 0.3) is 11.8 Å². The summed E-state index contributed by atoms with van der Waals surface area (Å²) in [7, 11) is 0. The molecule has 7 heteroatoms. The first-order valence-corrected chi connectivity index (χ1v) is 10.3. The van der Waals surface area contributed by atoms with Crippen molar-refractivity contribution in [3.8, 4) is 11.3 Å². The number of ether oxygens (including phenoxy) is 1. The number of imide groups is 1. The molecular weight excluding hydrogens is 420 g/mol. The van der Waals surface area contributed by atoms with Gasteiger partial charge in [0.15, 0.2) is 12.4 Å². The Morgan fingerprint density at radius 3 is 2.30 bits per heavy atom. The maximum absolute atomic E-state index is 12.6. The Labute approximate surface area is 189 Å². The van der Waals surface area contributed by atoms with E-state index < -0.39 is 5.97 Å². The summed E-state index contributed by atoms with van der Waals surface area (Å²) < 4.78 is 11.0. The fourth-order valence-electron chi connectivity index (χ4n) is 3.69. The Morgan fingerprint density at radius 1 is 0.879 bits per heavy atom. The highest BCUT2D eigenvalue weighted by molar-refractivity contribution is 6.21. The molecule has 0 saturated heterocycles. The van der Waals surface area contributed by atoms with E-state index in [2.05, 4.69) is 4.98 Å². The standard InChI is InChI=1S/C26H18N2O5/c29-24-20-11-4-5-12-21(20)25(30)28(24)15-17-7-6-10-19(13-17)26(31)32-16-23-27-14-22(33-23)18-8-2-1-3-9-18/h1-14H,15-16H2. The average Bonchev–Trinajstić information content (AvgIpc) is 3.43. The van der Waals surface area contributed by atoms with Crippen LogP contribution >= 0.6 is 0 Å². The molecule has 5 rings (SSSR count). The van der Waals surface area contributed by atoms with Gasteiger partial charge in [-0.3, -0.25) is 14.5 Å². The second-order valence-corrected chi connectivity index (χ2v) is 7.50. The average molecular weight is 438 g/mol. The van der Waals surface area contributed by atoms with E-state index in [1.807, 2.05) is 30.3 Å². The Balaban J connectivity index is 1.24. The quantitative estimate of drug-likeness (QED) is 0.325. The van der Waals surface area contributed by atoms with Crippen LogP contribution in [-0.4, -0.2) is 27.7 Å². The number of hydrogen-bond acceptors (Lipinski definition) is 6. The Morgan fingerprint density at radius 2 is 1.58 bits per heavy atom. The summed E-state index contributed by atoms with van der Waals surface area (Å²) in [4.78, 5) is 43.1. The van der Waals surface area contributed by atoms with Crippen LogP contribution in [0.3, 0.4) is 0 Å². The summed E-state index contributed by atoms with van der Waals surface area (Å²) in [6, 6.07) is 22.9. The van der Waals surface area contributed by atoms with E-state index >= 15 is 0 Å². The summed E-state index contributed by atoms with van der Waals surface area (Å²) in [5.74, 6) is -0.379. The van der Waals surface area contributed by atoms with Gasteiger partial charge >= 0.3 is 5.97 Å². The molecule has 162 valence electrons. The maximum Gasteiger partial charge on any atom is 0.338 e. The van der Waals surface area contributed by atoms with Crippen molar-refractivity contribution in [3.63, 3.8) is 0 Å². The van der Waals surface area contributed by atoms with E-state index in [-0.39, 0.29) is 30.9 Å². The van der Waals surface area contributed by atoms with Gasteiger partial charge in [-0.2, -0.15) is 0 Å². The van der Waals surface area contributed by atoms with Gasteiger partial charge in [0.1, 0.15) is 0 Å². The number of amides is 2. The molecule has 0 atom stereocenters. The predicted octanol–water partition coefficient (Wildman–Crippen LogP) is 4.49. The number of carbonyl (C=O) groups is 3. The van der Waals surface area contributed by atoms with Crippen molar-refractivity contribution >= 4 is 17.8 Å². The Kier molecular flexibility index (Phi) is 5.28. The summed E-state index contributed by atoms with van der Waals surface area (Å²) in [6.07, 6.45) is 1.58. The van der Waals surface area contributed by atoms with Gasteiger partial charge in [0.2, 0.25) is 5.89 Å². The first-order valence-electron chi connectivity index (χ1n) is 10.3. The van der Waals surface area contributed by atoms with Crippen LogP contribution in [0.2, 0.25) is 0 Å². The molecule has 4 aromatic rings. The second-order valence-electron chi connectivity index (χ2n) is 7.50. The van der Waals surface area contributed by atoms with Crippen LogP contribution in [0.25, 0.3) is 11.3 Å². The zero-order valence-corrected chi connectivity index (χ0v) is 17.4. The minimum Gasteiger partial charge on any atom is -0.452 e. The van der Waals surface area contributed by atoms with E-state index in [1.54, 1.807) is 54.7 Å². The fourth-order valence-corrected chi connectivity index (χ4v) is 3.69. The lowest BCUT2D eigenvalue weighted by atomic mass is 10.1. The van der Waals surface area contributed by atoms with Gasteiger partial charge in [-0.1, -0.05) is 54.6 Å². The highest BCUT2D eigenvalue weighted by Gasteiger charge is 2.35. The Bertz CT molecular complexity index is 1320. The summed E-state index contributed by atoms with van der Waals surface area (Å²) in [5, 5.41) is 0. The number of aromatic nitrogens is 1. The smallest absolute Gasteiger partial charge is 0.338 e. The maximum atomic E-state index is 12.6. The van der Waals surface area contributed by atoms with Crippen LogP contribution in [-0.2, 0) is 17.9 Å². The molecule has 0 spiro atoms. The highest BCUT2D eigenvalue weighted by Crippen LogP contribution is 2.25. The molecule has 1 aliphatic heterocycles. The number of nitrogens with zero attached hydrogens (tertiary/aromatic N) is 2. The van der Waals surface area contributed by atoms with Crippen molar-refractivity contribution in [1.82, 2.24) is 9.88 Å². The summed E-state index contributed by atoms with van der Waals surface area (Å²) >= 11 is 0. The lowest BCUT2D eigenvalue weighted by molar-refractivity contribution is 0.0438. The topological polar surface area (TPSA) is 89.7 Å². The SMILES string of the molecule is O=C(OCc1ncc(-c2ccccc2)o1)c1cccc(CN2C(=O)c3ccccc3C2=O)c1. The number of rotatable bonds is 6. The molecule has 7 nitrogen and oxygen atoms in total. The molecule has 1 aliphatic rings. The van der Waals surface area contributed by atoms with Gasteiger partial charge in [-0.05, 0) is 29.8 Å². The van der Waals surface area contributed by atoms with Crippen molar-refractivity contribution in [1.29, 1.82) is 0 Å². The minimum atomic E-state index is -0.557. The predicted molar refractivity (Wildman–Crippen MR) is 118 cm³/mol. The van der Waals surface area contributed by atoms with Crippen molar-refractivity contribution in [2.45, 2.75) is 13.2 Å². The molecule has 0 unspecified atom stereocenters. The molecule has 1 aromatic heterocycles. The number of benzene rings is 3. The molecule has 0 N–H and O–H groups in total. The monoisotopic (exact) mass is 438 g/mol. The first-order chi connectivity index (χ1) is 16.1. The molecule has 3 aromatic carbocycles. The van der Waals surface area contributed by atoms with Gasteiger partial charge < -0.3 is 9.15 Å². The molecule has 0 fully saturated rings. The number of hydrogen-bond donors (Lipinski definition) is 0. The molecular formula is C26H18N2O5. The highest BCUT2D eigenvalue weighted by atomic mass is 16.5. The van der Waals surface area contributed by atoms with E-state index in [1.165, 1.54) is 4.90 Å². The van der Waals surface area contributed by atoms with Crippen LogP contribution in [0, 0.1) is 0 Å². The third-order valence-corrected chi connectivity index (χ3v) is 5.32. The third kappa shape index (κ3) is 4.04. The molecule has 0 bridgehead atoms. The van der Waals surface area contributed by atoms with Crippen LogP contribution in [0.4, 0.5) is 0 Å². The van der Waals surface area contributed by atoms with E-state index in [0.29, 0.717) is 28.0 Å². The van der Waals surface area contributed by atoms with Crippen molar-refractivity contribution in [2.75, 3.05) is 0 Å². The number of esters is 1. The molecule has 0 aliphatic carbocycles. The largest absolute Gasteiger partial charge is 0.452 e. The van der Waals surface area contributed by atoms with Crippen molar-refractivity contribution < 1.29 is 23.5 Å². The van der Waals surface area contributed by atoms with Crippen LogP contribution < -0.4 is 0 Å². The van der Waals surface area contributed by atoms with Gasteiger partial charge in [-0.15, -0.1) is 0 Å². The van der Waals surface area contributed by atoms with Gasteiger partial charge in [0, 0.05) is 5.56 Å². The van der Waals surface area contributed by atoms with Crippen LogP contribution in [0.1, 0.15) is 42.5 Å². The number of oxazole rings is 1. The first kappa shape index (κ1) is 20.4. The van der Waals surface area contributed by atoms with E-state index in [0.717, 1.165) is 5.56 Å². The number of fused-ring (bicyclic) bond motifs is 1. The zero-order valence-electron chi connectivity index (χ0n) is 17.4. The third-order valence-electron chi connectivity index (χ3n) is 5.32. The molecule has 33 heavy (non-hydrogen) atoms. The lowest BCUT2D eigenvalue weighted by Gasteiger charge is -2.14. The lowest BCUT2D eigenvalue weighted by Crippen LogP contribution is -2.29. The summed E-state index contributed by atoms with van der Waals surface area (Å²) in [5.41, 5.74) is 2.60. The van der Waals surface area contributed by atoms with Gasteiger partial charge in [-0.25, -0.2) is 9.78 Å². The molecule has 0 saturated carbocycles. The normalized spacial score (nSPS) is 12.7. The molecule has 0 radical (unpaired) electrons. The van der Waals surface area contributed by atoms with Crippen molar-refractivity contribution in [3.05, 3.63) is 113 Å². The molecule has 2 heterocycles. The zero-order chi connectivity index (χ0) is 22.8. The summed E-state index contributed by atoms with van der Waals surface area (Å²) in [6.45, 7) is -0.0536. The van der Waals surface area contributed by atoms with Gasteiger partial charge in [0.05, 0.1) is 29.4 Å². The minimum absolute atomic E-state index is 0.0631. The van der Waals surface area contributed by atoms with E-state index in [9.17, 15) is 14.4 Å².